The summed E-state index contributed by atoms with van der Waals surface area (Å²) in [5.74, 6) is -0.335. The number of benzene rings is 2. The fourth-order valence-electron chi connectivity index (χ4n) is 2.18. The SMILES string of the molecule is Nc1nc(Nc2cccc(C(F)(F)F)c2)sc1C(=O)c1ccc(Cl)cc1. The van der Waals surface area contributed by atoms with E-state index in [2.05, 4.69) is 10.3 Å². The van der Waals surface area contributed by atoms with Gasteiger partial charge in [-0.2, -0.15) is 13.2 Å². The van der Waals surface area contributed by atoms with Crippen molar-refractivity contribution in [3.05, 3.63) is 69.6 Å². The first-order valence-electron chi connectivity index (χ1n) is 7.25. The lowest BCUT2D eigenvalue weighted by Crippen LogP contribution is -2.05. The molecule has 1 heterocycles. The van der Waals surface area contributed by atoms with Crippen LogP contribution in [-0.4, -0.2) is 10.8 Å². The molecule has 9 heteroatoms. The van der Waals surface area contributed by atoms with Crippen molar-refractivity contribution >= 4 is 45.4 Å². The summed E-state index contributed by atoms with van der Waals surface area (Å²) >= 11 is 6.76. The fourth-order valence-corrected chi connectivity index (χ4v) is 3.17. The van der Waals surface area contributed by atoms with Crippen LogP contribution in [0.3, 0.4) is 0 Å². The molecule has 0 amide bonds. The molecule has 2 aromatic carbocycles. The smallest absolute Gasteiger partial charge is 0.382 e. The zero-order valence-electron chi connectivity index (χ0n) is 13.0. The third kappa shape index (κ3) is 3.97. The minimum Gasteiger partial charge on any atom is -0.382 e. The van der Waals surface area contributed by atoms with Gasteiger partial charge >= 0.3 is 6.18 Å². The highest BCUT2D eigenvalue weighted by Crippen LogP contribution is 2.33. The highest BCUT2D eigenvalue weighted by atomic mass is 35.5. The van der Waals surface area contributed by atoms with E-state index in [-0.39, 0.29) is 27.3 Å². The lowest BCUT2D eigenvalue weighted by molar-refractivity contribution is -0.137. The molecule has 0 aliphatic carbocycles. The molecule has 0 atom stereocenters. The Morgan fingerprint density at radius 1 is 1.15 bits per heavy atom. The lowest BCUT2D eigenvalue weighted by atomic mass is 10.1. The number of thiazole rings is 1. The summed E-state index contributed by atoms with van der Waals surface area (Å²) in [4.78, 5) is 16.7. The molecule has 0 radical (unpaired) electrons. The van der Waals surface area contributed by atoms with Crippen molar-refractivity contribution in [3.8, 4) is 0 Å². The average molecular weight is 398 g/mol. The summed E-state index contributed by atoms with van der Waals surface area (Å²) in [6.07, 6.45) is -4.45. The van der Waals surface area contributed by atoms with Crippen LogP contribution < -0.4 is 11.1 Å². The first-order valence-corrected chi connectivity index (χ1v) is 8.44. The molecule has 134 valence electrons. The van der Waals surface area contributed by atoms with Crippen molar-refractivity contribution in [1.29, 1.82) is 0 Å². The van der Waals surface area contributed by atoms with Gasteiger partial charge in [0.1, 0.15) is 10.7 Å². The largest absolute Gasteiger partial charge is 0.416 e. The maximum absolute atomic E-state index is 12.8. The van der Waals surface area contributed by atoms with E-state index in [4.69, 9.17) is 17.3 Å². The molecule has 0 saturated carbocycles. The standard InChI is InChI=1S/C17H11ClF3N3OS/c18-11-6-4-9(5-7-11)13(25)14-15(22)24-16(26-14)23-12-3-1-2-10(8-12)17(19,20)21/h1-8H,22H2,(H,23,24). The van der Waals surface area contributed by atoms with E-state index in [0.717, 1.165) is 23.5 Å². The molecule has 0 unspecified atom stereocenters. The Labute approximate surface area is 155 Å². The van der Waals surface area contributed by atoms with E-state index < -0.39 is 11.7 Å². The number of nitrogens with one attached hydrogen (secondary N) is 1. The van der Waals surface area contributed by atoms with Crippen molar-refractivity contribution in [2.75, 3.05) is 11.1 Å². The molecule has 3 aromatic rings. The number of ketones is 1. The number of nitrogens with zero attached hydrogens (tertiary/aromatic N) is 1. The predicted octanol–water partition coefficient (Wildman–Crippen LogP) is 5.37. The molecule has 0 spiro atoms. The number of nitrogen functional groups attached to an aromatic ring is 1. The second-order valence-electron chi connectivity index (χ2n) is 5.27. The van der Waals surface area contributed by atoms with Gasteiger partial charge in [0.05, 0.1) is 5.56 Å². The number of anilines is 3. The summed E-state index contributed by atoms with van der Waals surface area (Å²) in [6.45, 7) is 0. The normalized spacial score (nSPS) is 11.4. The summed E-state index contributed by atoms with van der Waals surface area (Å²) in [5.41, 5.74) is 5.59. The molecular weight excluding hydrogens is 387 g/mol. The Morgan fingerprint density at radius 2 is 1.85 bits per heavy atom. The molecule has 4 nitrogen and oxygen atoms in total. The van der Waals surface area contributed by atoms with Crippen LogP contribution in [0.2, 0.25) is 5.02 Å². The molecule has 0 bridgehead atoms. The average Bonchev–Trinajstić information content (AvgIpc) is 2.94. The van der Waals surface area contributed by atoms with Crippen molar-refractivity contribution < 1.29 is 18.0 Å². The van der Waals surface area contributed by atoms with Crippen molar-refractivity contribution in [1.82, 2.24) is 4.98 Å². The van der Waals surface area contributed by atoms with Crippen LogP contribution in [0.4, 0.5) is 29.8 Å². The highest BCUT2D eigenvalue weighted by Gasteiger charge is 2.30. The van der Waals surface area contributed by atoms with Gasteiger partial charge in [-0.25, -0.2) is 4.98 Å². The Bertz CT molecular complexity index is 955. The molecule has 0 fully saturated rings. The third-order valence-corrected chi connectivity index (χ3v) is 4.64. The Morgan fingerprint density at radius 3 is 2.50 bits per heavy atom. The summed E-state index contributed by atoms with van der Waals surface area (Å²) in [7, 11) is 0. The van der Waals surface area contributed by atoms with Crippen LogP contribution in [0, 0.1) is 0 Å². The summed E-state index contributed by atoms with van der Waals surface area (Å²) in [5, 5.41) is 3.46. The van der Waals surface area contributed by atoms with E-state index in [0.29, 0.717) is 10.6 Å². The number of aromatic nitrogens is 1. The van der Waals surface area contributed by atoms with Gasteiger partial charge in [-0.3, -0.25) is 4.79 Å². The topological polar surface area (TPSA) is 68.0 Å². The molecule has 0 aliphatic heterocycles. The minimum atomic E-state index is -4.45. The quantitative estimate of drug-likeness (QED) is 0.580. The van der Waals surface area contributed by atoms with Gasteiger partial charge in [-0.05, 0) is 42.5 Å². The van der Waals surface area contributed by atoms with Crippen molar-refractivity contribution in [3.63, 3.8) is 0 Å². The van der Waals surface area contributed by atoms with Gasteiger partial charge in [0, 0.05) is 16.3 Å². The highest BCUT2D eigenvalue weighted by molar-refractivity contribution is 7.18. The van der Waals surface area contributed by atoms with E-state index in [1.54, 1.807) is 24.3 Å². The van der Waals surface area contributed by atoms with E-state index in [1.165, 1.54) is 12.1 Å². The number of hydrogen-bond acceptors (Lipinski definition) is 5. The van der Waals surface area contributed by atoms with Crippen LogP contribution in [0.15, 0.2) is 48.5 Å². The Hall–Kier alpha value is -2.58. The van der Waals surface area contributed by atoms with Crippen LogP contribution in [0.25, 0.3) is 0 Å². The van der Waals surface area contributed by atoms with Crippen molar-refractivity contribution in [2.24, 2.45) is 0 Å². The third-order valence-electron chi connectivity index (χ3n) is 3.41. The van der Waals surface area contributed by atoms with Gasteiger partial charge in [-0.1, -0.05) is 29.0 Å². The van der Waals surface area contributed by atoms with Gasteiger partial charge in [0.25, 0.3) is 0 Å². The molecule has 1 aromatic heterocycles. The number of alkyl halides is 3. The molecule has 3 N–H and O–H groups in total. The number of hydrogen-bond donors (Lipinski definition) is 2. The molecule has 0 aliphatic rings. The van der Waals surface area contributed by atoms with E-state index >= 15 is 0 Å². The van der Waals surface area contributed by atoms with E-state index in [1.807, 2.05) is 0 Å². The number of nitrogens with two attached hydrogens (primary N) is 1. The van der Waals surface area contributed by atoms with E-state index in [9.17, 15) is 18.0 Å². The molecule has 3 rings (SSSR count). The monoisotopic (exact) mass is 397 g/mol. The van der Waals surface area contributed by atoms with Gasteiger partial charge in [0.15, 0.2) is 5.13 Å². The van der Waals surface area contributed by atoms with Gasteiger partial charge < -0.3 is 11.1 Å². The van der Waals surface area contributed by atoms with Crippen LogP contribution in [0.5, 0.6) is 0 Å². The first kappa shape index (κ1) is 18.2. The summed E-state index contributed by atoms with van der Waals surface area (Å²) in [6, 6.07) is 10.9. The van der Waals surface area contributed by atoms with Gasteiger partial charge in [-0.15, -0.1) is 0 Å². The number of rotatable bonds is 4. The molecular formula is C17H11ClF3N3OS. The number of carbonyl (C=O) groups is 1. The lowest BCUT2D eigenvalue weighted by Gasteiger charge is -2.08. The van der Waals surface area contributed by atoms with Gasteiger partial charge in [0.2, 0.25) is 5.78 Å². The molecule has 0 saturated heterocycles. The second-order valence-corrected chi connectivity index (χ2v) is 6.71. The van der Waals surface area contributed by atoms with Crippen LogP contribution in [0.1, 0.15) is 20.8 Å². The fraction of sp³-hybridized carbons (Fsp3) is 0.0588. The van der Waals surface area contributed by atoms with Crippen LogP contribution in [-0.2, 0) is 6.18 Å². The second kappa shape index (κ2) is 6.97. The number of halogens is 4. The zero-order chi connectivity index (χ0) is 18.9. The van der Waals surface area contributed by atoms with Crippen LogP contribution >= 0.6 is 22.9 Å². The first-order chi connectivity index (χ1) is 12.2. The summed E-state index contributed by atoms with van der Waals surface area (Å²) < 4.78 is 38.3. The van der Waals surface area contributed by atoms with Crippen molar-refractivity contribution in [2.45, 2.75) is 6.18 Å². The Kier molecular flexibility index (Phi) is 4.88. The Balaban J connectivity index is 1.85. The zero-order valence-corrected chi connectivity index (χ0v) is 14.5. The minimum absolute atomic E-state index is 0.00410. The maximum Gasteiger partial charge on any atom is 0.416 e. The maximum atomic E-state index is 12.8. The molecule has 26 heavy (non-hydrogen) atoms. The predicted molar refractivity (Wildman–Crippen MR) is 96.1 cm³/mol. The number of carbonyl (C=O) groups excluding carboxylic acids is 1.